The molecule has 2 atom stereocenters. The molecule has 5 heteroatoms. The quantitative estimate of drug-likeness (QED) is 0.631. The number of amides is 2. The van der Waals surface area contributed by atoms with E-state index in [0.717, 1.165) is 17.9 Å². The molecule has 0 aromatic heterocycles. The Bertz CT molecular complexity index is 221. The molecule has 0 unspecified atom stereocenters. The standard InChI is InChI=1S/C8H14N2O3/c1-13-5-7-3-2-6-4-9(7)8(11)10(6)12/h6-7,12H,2-5H2,1H3/t6-,7+/m1/s1. The summed E-state index contributed by atoms with van der Waals surface area (Å²) in [5.41, 5.74) is 0. The Morgan fingerprint density at radius 3 is 3.08 bits per heavy atom. The molecule has 13 heavy (non-hydrogen) atoms. The molecule has 74 valence electrons. The summed E-state index contributed by atoms with van der Waals surface area (Å²) in [7, 11) is 1.63. The second-order valence-corrected chi connectivity index (χ2v) is 3.62. The Morgan fingerprint density at radius 1 is 1.62 bits per heavy atom. The third kappa shape index (κ3) is 1.28. The van der Waals surface area contributed by atoms with Crippen LogP contribution in [0.25, 0.3) is 0 Å². The van der Waals surface area contributed by atoms with Gasteiger partial charge in [-0.25, -0.2) is 9.86 Å². The molecule has 0 aromatic rings. The summed E-state index contributed by atoms with van der Waals surface area (Å²) in [4.78, 5) is 13.1. The molecule has 0 aromatic carbocycles. The van der Waals surface area contributed by atoms with Crippen molar-refractivity contribution in [3.05, 3.63) is 0 Å². The molecule has 1 N–H and O–H groups in total. The van der Waals surface area contributed by atoms with Crippen LogP contribution < -0.4 is 0 Å². The van der Waals surface area contributed by atoms with E-state index in [4.69, 9.17) is 4.74 Å². The van der Waals surface area contributed by atoms with Gasteiger partial charge in [0.2, 0.25) is 0 Å². The van der Waals surface area contributed by atoms with Gasteiger partial charge in [-0.1, -0.05) is 0 Å². The van der Waals surface area contributed by atoms with E-state index in [9.17, 15) is 10.0 Å². The summed E-state index contributed by atoms with van der Waals surface area (Å²) >= 11 is 0. The highest BCUT2D eigenvalue weighted by Gasteiger charge is 2.43. The molecule has 2 saturated heterocycles. The average Bonchev–Trinajstić information content (AvgIpc) is 2.37. The minimum Gasteiger partial charge on any atom is -0.383 e. The fourth-order valence-electron chi connectivity index (χ4n) is 2.10. The fraction of sp³-hybridized carbons (Fsp3) is 0.875. The van der Waals surface area contributed by atoms with E-state index in [2.05, 4.69) is 0 Å². The summed E-state index contributed by atoms with van der Waals surface area (Å²) in [6.07, 6.45) is 1.79. The third-order valence-corrected chi connectivity index (χ3v) is 2.83. The monoisotopic (exact) mass is 186 g/mol. The van der Waals surface area contributed by atoms with Crippen LogP contribution in [0.3, 0.4) is 0 Å². The van der Waals surface area contributed by atoms with Crippen molar-refractivity contribution in [3.63, 3.8) is 0 Å². The van der Waals surface area contributed by atoms with Gasteiger partial charge in [0, 0.05) is 13.7 Å². The van der Waals surface area contributed by atoms with E-state index in [0.29, 0.717) is 13.2 Å². The van der Waals surface area contributed by atoms with Gasteiger partial charge < -0.3 is 9.64 Å². The Morgan fingerprint density at radius 2 is 2.38 bits per heavy atom. The number of nitrogens with zero attached hydrogens (tertiary/aromatic N) is 2. The van der Waals surface area contributed by atoms with Crippen molar-refractivity contribution in [3.8, 4) is 0 Å². The summed E-state index contributed by atoms with van der Waals surface area (Å²) in [5.74, 6) is 0. The first-order chi connectivity index (χ1) is 6.24. The number of methoxy groups -OCH3 is 1. The number of carbonyl (C=O) groups excluding carboxylic acids is 1. The highest BCUT2D eigenvalue weighted by molar-refractivity contribution is 5.76. The van der Waals surface area contributed by atoms with Crippen LogP contribution in [0.1, 0.15) is 12.8 Å². The van der Waals surface area contributed by atoms with Gasteiger partial charge in [-0.15, -0.1) is 0 Å². The predicted octanol–water partition coefficient (Wildman–Crippen LogP) is 0.291. The number of ether oxygens (including phenoxy) is 1. The lowest BCUT2D eigenvalue weighted by Gasteiger charge is -2.29. The van der Waals surface area contributed by atoms with Crippen LogP contribution in [0.4, 0.5) is 4.79 Å². The SMILES string of the molecule is COC[C@@H]1CC[C@@H]2CN1C(=O)N2O. The molecule has 2 aliphatic heterocycles. The van der Waals surface area contributed by atoms with Crippen LogP contribution in [0.2, 0.25) is 0 Å². The Kier molecular flexibility index (Phi) is 2.13. The van der Waals surface area contributed by atoms with E-state index in [-0.39, 0.29) is 18.1 Å². The number of fused-ring (bicyclic) bond motifs is 2. The maximum Gasteiger partial charge on any atom is 0.344 e. The van der Waals surface area contributed by atoms with E-state index in [1.54, 1.807) is 12.0 Å². The van der Waals surface area contributed by atoms with Gasteiger partial charge in [-0.3, -0.25) is 5.21 Å². The summed E-state index contributed by atoms with van der Waals surface area (Å²) in [6.45, 7) is 1.20. The first-order valence-electron chi connectivity index (χ1n) is 4.51. The molecule has 2 fully saturated rings. The number of urea groups is 1. The zero-order valence-corrected chi connectivity index (χ0v) is 7.64. The second-order valence-electron chi connectivity index (χ2n) is 3.62. The van der Waals surface area contributed by atoms with Crippen molar-refractivity contribution in [2.45, 2.75) is 24.9 Å². The molecule has 0 aliphatic carbocycles. The van der Waals surface area contributed by atoms with E-state index in [1.807, 2.05) is 0 Å². The van der Waals surface area contributed by atoms with Crippen molar-refractivity contribution < 1.29 is 14.7 Å². The molecule has 2 heterocycles. The molecular weight excluding hydrogens is 172 g/mol. The topological polar surface area (TPSA) is 53.0 Å². The van der Waals surface area contributed by atoms with Crippen molar-refractivity contribution in [1.82, 2.24) is 9.96 Å². The van der Waals surface area contributed by atoms with E-state index < -0.39 is 0 Å². The lowest BCUT2D eigenvalue weighted by molar-refractivity contribution is -0.0584. The molecule has 2 amide bonds. The highest BCUT2D eigenvalue weighted by atomic mass is 16.5. The number of hydrogen-bond donors (Lipinski definition) is 1. The van der Waals surface area contributed by atoms with E-state index in [1.165, 1.54) is 0 Å². The highest BCUT2D eigenvalue weighted by Crippen LogP contribution is 2.28. The third-order valence-electron chi connectivity index (χ3n) is 2.83. The van der Waals surface area contributed by atoms with Gasteiger partial charge in [-0.05, 0) is 12.8 Å². The van der Waals surface area contributed by atoms with Crippen molar-refractivity contribution in [1.29, 1.82) is 0 Å². The minimum atomic E-state index is -0.274. The summed E-state index contributed by atoms with van der Waals surface area (Å²) in [6, 6.07) is -0.129. The average molecular weight is 186 g/mol. The second kappa shape index (κ2) is 3.16. The maximum atomic E-state index is 11.4. The van der Waals surface area contributed by atoms with Crippen molar-refractivity contribution in [2.75, 3.05) is 20.3 Å². The van der Waals surface area contributed by atoms with Gasteiger partial charge in [0.25, 0.3) is 0 Å². The molecule has 2 bridgehead atoms. The van der Waals surface area contributed by atoms with Crippen LogP contribution in [-0.2, 0) is 4.74 Å². The number of hydroxylamine groups is 2. The number of carbonyl (C=O) groups is 1. The van der Waals surface area contributed by atoms with Gasteiger partial charge in [0.15, 0.2) is 0 Å². The first kappa shape index (κ1) is 8.77. The largest absolute Gasteiger partial charge is 0.383 e. The lowest BCUT2D eigenvalue weighted by atomic mass is 10.0. The Labute approximate surface area is 76.8 Å². The fourth-order valence-corrected chi connectivity index (χ4v) is 2.10. The number of piperidine rings is 1. The van der Waals surface area contributed by atoms with E-state index >= 15 is 0 Å². The van der Waals surface area contributed by atoms with Gasteiger partial charge in [0.05, 0.1) is 18.7 Å². The molecular formula is C8H14N2O3. The molecule has 0 saturated carbocycles. The van der Waals surface area contributed by atoms with Gasteiger partial charge >= 0.3 is 6.03 Å². The number of hydrogen-bond acceptors (Lipinski definition) is 3. The van der Waals surface area contributed by atoms with Crippen LogP contribution >= 0.6 is 0 Å². The zero-order chi connectivity index (χ0) is 9.42. The molecule has 2 rings (SSSR count). The molecule has 5 nitrogen and oxygen atoms in total. The van der Waals surface area contributed by atoms with Crippen molar-refractivity contribution >= 4 is 6.03 Å². The maximum absolute atomic E-state index is 11.4. The first-order valence-corrected chi connectivity index (χ1v) is 4.51. The van der Waals surface area contributed by atoms with Gasteiger partial charge in [0.1, 0.15) is 0 Å². The van der Waals surface area contributed by atoms with Gasteiger partial charge in [-0.2, -0.15) is 0 Å². The lowest BCUT2D eigenvalue weighted by Crippen LogP contribution is -2.42. The van der Waals surface area contributed by atoms with Crippen LogP contribution in [-0.4, -0.2) is 53.5 Å². The predicted molar refractivity (Wildman–Crippen MR) is 44.4 cm³/mol. The normalized spacial score (nSPS) is 32.9. The molecule has 0 spiro atoms. The number of rotatable bonds is 2. The molecule has 2 aliphatic rings. The smallest absolute Gasteiger partial charge is 0.344 e. The molecule has 0 radical (unpaired) electrons. The van der Waals surface area contributed by atoms with Crippen molar-refractivity contribution in [2.24, 2.45) is 0 Å². The summed E-state index contributed by atoms with van der Waals surface area (Å²) < 4.78 is 5.02. The zero-order valence-electron chi connectivity index (χ0n) is 7.64. The summed E-state index contributed by atoms with van der Waals surface area (Å²) in [5, 5.41) is 10.2. The van der Waals surface area contributed by atoms with Crippen LogP contribution in [0.15, 0.2) is 0 Å². The van der Waals surface area contributed by atoms with Crippen LogP contribution in [0.5, 0.6) is 0 Å². The Hall–Kier alpha value is -0.810. The minimum absolute atomic E-state index is 0.000561. The Balaban J connectivity index is 2.08. The van der Waals surface area contributed by atoms with Crippen LogP contribution in [0, 0.1) is 0 Å².